The normalized spacial score (nSPS) is 23.2. The predicted molar refractivity (Wildman–Crippen MR) is 123 cm³/mol. The molecule has 0 bridgehead atoms. The van der Waals surface area contributed by atoms with Crippen LogP contribution in [0.5, 0.6) is 17.6 Å². The van der Waals surface area contributed by atoms with Crippen molar-refractivity contribution in [2.75, 3.05) is 7.11 Å². The van der Waals surface area contributed by atoms with Gasteiger partial charge in [-0.25, -0.2) is 14.6 Å². The summed E-state index contributed by atoms with van der Waals surface area (Å²) >= 11 is 0. The van der Waals surface area contributed by atoms with Crippen molar-refractivity contribution in [3.63, 3.8) is 0 Å². The first-order valence-corrected chi connectivity index (χ1v) is 11.7. The topological polar surface area (TPSA) is 134 Å². The SMILES string of the molecule is COc1ccnc(OCc2c(-c3ccc(O[C@H]4C[C@H]5CCC(C(=O)O)[C@H]5C4)c(C)n3)nnn2C)n1. The van der Waals surface area contributed by atoms with Gasteiger partial charge in [0.25, 0.3) is 0 Å². The molecule has 1 N–H and O–H groups in total. The second-order valence-electron chi connectivity index (χ2n) is 9.12. The maximum atomic E-state index is 11.5. The van der Waals surface area contributed by atoms with Crippen molar-refractivity contribution in [1.82, 2.24) is 29.9 Å². The van der Waals surface area contributed by atoms with Crippen molar-refractivity contribution in [2.45, 2.75) is 45.3 Å². The van der Waals surface area contributed by atoms with Crippen LogP contribution >= 0.6 is 0 Å². The second-order valence-corrected chi connectivity index (χ2v) is 9.12. The van der Waals surface area contributed by atoms with Crippen LogP contribution in [0.15, 0.2) is 24.4 Å². The van der Waals surface area contributed by atoms with Gasteiger partial charge >= 0.3 is 12.0 Å². The molecule has 0 amide bonds. The number of ether oxygens (including phenoxy) is 3. The zero-order chi connectivity index (χ0) is 24.5. The summed E-state index contributed by atoms with van der Waals surface area (Å²) < 4.78 is 18.8. The van der Waals surface area contributed by atoms with Crippen molar-refractivity contribution >= 4 is 5.97 Å². The summed E-state index contributed by atoms with van der Waals surface area (Å²) in [7, 11) is 3.31. The van der Waals surface area contributed by atoms with E-state index in [1.807, 2.05) is 19.1 Å². The number of fused-ring (bicyclic) bond motifs is 1. The number of hydrogen-bond donors (Lipinski definition) is 1. The number of methoxy groups -OCH3 is 1. The second kappa shape index (κ2) is 9.47. The maximum Gasteiger partial charge on any atom is 0.320 e. The monoisotopic (exact) mass is 480 g/mol. The van der Waals surface area contributed by atoms with Gasteiger partial charge in [0.15, 0.2) is 0 Å². The summed E-state index contributed by atoms with van der Waals surface area (Å²) in [5.74, 6) is 0.842. The van der Waals surface area contributed by atoms with E-state index in [1.54, 1.807) is 24.0 Å². The van der Waals surface area contributed by atoms with Crippen LogP contribution in [-0.2, 0) is 18.4 Å². The lowest BCUT2D eigenvalue weighted by Gasteiger charge is -2.18. The number of carboxylic acid groups (broad SMARTS) is 1. The number of aryl methyl sites for hydroxylation is 2. The highest BCUT2D eigenvalue weighted by molar-refractivity contribution is 5.71. The number of aromatic nitrogens is 6. The Labute approximate surface area is 202 Å². The number of rotatable bonds is 8. The van der Waals surface area contributed by atoms with E-state index in [4.69, 9.17) is 19.2 Å². The van der Waals surface area contributed by atoms with Crippen molar-refractivity contribution in [3.8, 4) is 29.0 Å². The Bertz CT molecular complexity index is 1230. The minimum absolute atomic E-state index is 0.0156. The lowest BCUT2D eigenvalue weighted by molar-refractivity contribution is -0.143. The van der Waals surface area contributed by atoms with Crippen LogP contribution in [0.3, 0.4) is 0 Å². The Morgan fingerprint density at radius 2 is 2.06 bits per heavy atom. The summed E-state index contributed by atoms with van der Waals surface area (Å²) in [5.41, 5.74) is 2.72. The minimum Gasteiger partial charge on any atom is -0.489 e. The molecule has 35 heavy (non-hydrogen) atoms. The Balaban J connectivity index is 1.28. The molecule has 3 heterocycles. The first-order chi connectivity index (χ1) is 16.9. The molecule has 184 valence electrons. The molecule has 2 fully saturated rings. The van der Waals surface area contributed by atoms with E-state index in [0.29, 0.717) is 28.9 Å². The lowest BCUT2D eigenvalue weighted by Crippen LogP contribution is -2.21. The van der Waals surface area contributed by atoms with Gasteiger partial charge in [-0.15, -0.1) is 5.10 Å². The number of hydrogen-bond acceptors (Lipinski definition) is 9. The summed E-state index contributed by atoms with van der Waals surface area (Å²) in [6.45, 7) is 2.05. The van der Waals surface area contributed by atoms with Crippen molar-refractivity contribution < 1.29 is 24.1 Å². The Hall–Kier alpha value is -3.76. The van der Waals surface area contributed by atoms with Gasteiger partial charge in [0.05, 0.1) is 30.5 Å². The molecule has 0 radical (unpaired) electrons. The molecule has 4 atom stereocenters. The minimum atomic E-state index is -0.679. The summed E-state index contributed by atoms with van der Waals surface area (Å²) in [5, 5.41) is 17.9. The average molecular weight is 481 g/mol. The van der Waals surface area contributed by atoms with E-state index in [-0.39, 0.29) is 30.6 Å². The third-order valence-corrected chi connectivity index (χ3v) is 7.06. The Kier molecular flexibility index (Phi) is 6.23. The number of aliphatic carboxylic acids is 1. The number of carbonyl (C=O) groups is 1. The van der Waals surface area contributed by atoms with Gasteiger partial charge in [0.2, 0.25) is 5.88 Å². The molecular weight excluding hydrogens is 452 g/mol. The number of nitrogens with zero attached hydrogens (tertiary/aromatic N) is 6. The van der Waals surface area contributed by atoms with E-state index in [0.717, 1.165) is 37.1 Å². The van der Waals surface area contributed by atoms with Gasteiger partial charge in [-0.05, 0) is 56.6 Å². The molecule has 1 unspecified atom stereocenters. The van der Waals surface area contributed by atoms with Crippen LogP contribution in [0.2, 0.25) is 0 Å². The molecule has 0 spiro atoms. The van der Waals surface area contributed by atoms with Crippen LogP contribution in [0, 0.1) is 24.7 Å². The van der Waals surface area contributed by atoms with E-state index < -0.39 is 5.97 Å². The molecule has 3 aromatic heterocycles. The molecule has 0 aliphatic heterocycles. The first kappa shape index (κ1) is 23.0. The zero-order valence-corrected chi connectivity index (χ0v) is 19.9. The van der Waals surface area contributed by atoms with E-state index in [9.17, 15) is 9.90 Å². The molecule has 0 saturated heterocycles. The predicted octanol–water partition coefficient (Wildman–Crippen LogP) is 2.83. The fraction of sp³-hybridized carbons (Fsp3) is 0.500. The molecule has 11 heteroatoms. The van der Waals surface area contributed by atoms with E-state index >= 15 is 0 Å². The molecule has 5 rings (SSSR count). The third kappa shape index (κ3) is 4.62. The first-order valence-electron chi connectivity index (χ1n) is 11.7. The Morgan fingerprint density at radius 1 is 1.20 bits per heavy atom. The smallest absolute Gasteiger partial charge is 0.320 e. The van der Waals surface area contributed by atoms with Crippen molar-refractivity contribution in [3.05, 3.63) is 35.8 Å². The van der Waals surface area contributed by atoms with Crippen LogP contribution in [0.1, 0.15) is 37.1 Å². The molecule has 11 nitrogen and oxygen atoms in total. The highest BCUT2D eigenvalue weighted by Crippen LogP contribution is 2.48. The zero-order valence-electron chi connectivity index (χ0n) is 19.9. The quantitative estimate of drug-likeness (QED) is 0.513. The fourth-order valence-corrected chi connectivity index (χ4v) is 5.30. The number of pyridine rings is 1. The van der Waals surface area contributed by atoms with Gasteiger partial charge in [0.1, 0.15) is 23.7 Å². The lowest BCUT2D eigenvalue weighted by atomic mass is 9.92. The van der Waals surface area contributed by atoms with Crippen LogP contribution in [-0.4, -0.2) is 54.2 Å². The van der Waals surface area contributed by atoms with Gasteiger partial charge < -0.3 is 19.3 Å². The van der Waals surface area contributed by atoms with Gasteiger partial charge in [-0.2, -0.15) is 4.98 Å². The molecule has 2 aliphatic carbocycles. The van der Waals surface area contributed by atoms with Gasteiger partial charge in [0, 0.05) is 19.3 Å². The third-order valence-electron chi connectivity index (χ3n) is 7.06. The van der Waals surface area contributed by atoms with Gasteiger partial charge in [-0.3, -0.25) is 4.79 Å². The molecule has 0 aromatic carbocycles. The maximum absolute atomic E-state index is 11.5. The average Bonchev–Trinajstić information content (AvgIpc) is 3.53. The number of carboxylic acids is 1. The summed E-state index contributed by atoms with van der Waals surface area (Å²) in [6, 6.07) is 5.58. The van der Waals surface area contributed by atoms with E-state index in [2.05, 4.69) is 20.3 Å². The van der Waals surface area contributed by atoms with Crippen molar-refractivity contribution in [1.29, 1.82) is 0 Å². The summed E-state index contributed by atoms with van der Waals surface area (Å²) in [4.78, 5) is 24.5. The highest BCUT2D eigenvalue weighted by atomic mass is 16.5. The van der Waals surface area contributed by atoms with Crippen LogP contribution < -0.4 is 14.2 Å². The largest absolute Gasteiger partial charge is 0.489 e. The fourth-order valence-electron chi connectivity index (χ4n) is 5.30. The van der Waals surface area contributed by atoms with Crippen molar-refractivity contribution in [2.24, 2.45) is 24.8 Å². The van der Waals surface area contributed by atoms with Gasteiger partial charge in [-0.1, -0.05) is 5.21 Å². The standard InChI is InChI=1S/C24H28N6O5/c1-13-20(35-15-10-14-4-5-16(23(31)32)17(14)11-15)7-6-18(26-13)22-19(30(2)29-28-22)12-34-24-25-9-8-21(27-24)33-3/h6-9,14-17H,4-5,10-12H2,1-3H3,(H,31,32)/t14-,15+,16?,17+/m1/s1. The molecule has 3 aromatic rings. The molecule has 2 aliphatic rings. The van der Waals surface area contributed by atoms with Crippen LogP contribution in [0.25, 0.3) is 11.4 Å². The van der Waals surface area contributed by atoms with E-state index in [1.165, 1.54) is 7.11 Å². The summed E-state index contributed by atoms with van der Waals surface area (Å²) in [6.07, 6.45) is 5.00. The highest BCUT2D eigenvalue weighted by Gasteiger charge is 2.47. The molecule has 2 saturated carbocycles. The molecular formula is C24H28N6O5. The Morgan fingerprint density at radius 3 is 2.83 bits per heavy atom. The van der Waals surface area contributed by atoms with Crippen LogP contribution in [0.4, 0.5) is 0 Å².